The summed E-state index contributed by atoms with van der Waals surface area (Å²) in [7, 11) is 0. The Bertz CT molecular complexity index is 1140. The van der Waals surface area contributed by atoms with Crippen LogP contribution in [0, 0.1) is 6.92 Å². The standard InChI is InChI=1S/C25H25Cl2N3O3/c1-15-11-12-16(23(31)28-18-8-4-2-3-5-9-18)13-20(15)29-22-21(27)24(32)30(25(22)33)19-10-6-7-17(26)14-19/h6-7,10-14,18,29H,2-5,8-9H2,1H3,(H,28,31). The molecule has 0 aromatic heterocycles. The van der Waals surface area contributed by atoms with Crippen molar-refractivity contribution in [2.24, 2.45) is 0 Å². The van der Waals surface area contributed by atoms with Crippen LogP contribution in [0.25, 0.3) is 0 Å². The summed E-state index contributed by atoms with van der Waals surface area (Å²) in [6, 6.07) is 11.8. The van der Waals surface area contributed by atoms with Crippen molar-refractivity contribution < 1.29 is 14.4 Å². The first-order valence-electron chi connectivity index (χ1n) is 11.1. The maximum absolute atomic E-state index is 13.0. The number of amides is 3. The van der Waals surface area contributed by atoms with Gasteiger partial charge >= 0.3 is 0 Å². The molecule has 0 saturated heterocycles. The molecule has 1 aliphatic carbocycles. The summed E-state index contributed by atoms with van der Waals surface area (Å²) in [6.45, 7) is 1.85. The number of benzene rings is 2. The van der Waals surface area contributed by atoms with E-state index < -0.39 is 11.8 Å². The van der Waals surface area contributed by atoms with Gasteiger partial charge in [-0.05, 0) is 55.7 Å². The third kappa shape index (κ3) is 5.07. The zero-order chi connectivity index (χ0) is 23.5. The number of nitrogens with one attached hydrogen (secondary N) is 2. The SMILES string of the molecule is Cc1ccc(C(=O)NC2CCCCCC2)cc1NC1=C(Cl)C(=O)N(c2cccc(Cl)c2)C1=O. The number of rotatable bonds is 5. The van der Waals surface area contributed by atoms with E-state index in [1.54, 1.807) is 36.4 Å². The van der Waals surface area contributed by atoms with Gasteiger partial charge in [-0.3, -0.25) is 14.4 Å². The van der Waals surface area contributed by atoms with Crippen LogP contribution in [-0.4, -0.2) is 23.8 Å². The average Bonchev–Trinajstić information content (AvgIpc) is 2.97. The molecule has 2 aromatic carbocycles. The molecule has 172 valence electrons. The fraction of sp³-hybridized carbons (Fsp3) is 0.320. The number of hydrogen-bond acceptors (Lipinski definition) is 4. The normalized spacial score (nSPS) is 17.4. The molecule has 33 heavy (non-hydrogen) atoms. The van der Waals surface area contributed by atoms with Crippen LogP contribution >= 0.6 is 23.2 Å². The van der Waals surface area contributed by atoms with Crippen molar-refractivity contribution in [3.05, 3.63) is 69.3 Å². The maximum Gasteiger partial charge on any atom is 0.283 e. The van der Waals surface area contributed by atoms with Crippen molar-refractivity contribution in [3.8, 4) is 0 Å². The second-order valence-electron chi connectivity index (χ2n) is 8.43. The van der Waals surface area contributed by atoms with Gasteiger partial charge in [0.2, 0.25) is 0 Å². The number of nitrogens with zero attached hydrogens (tertiary/aromatic N) is 1. The molecule has 1 saturated carbocycles. The number of imide groups is 1. The van der Waals surface area contributed by atoms with E-state index >= 15 is 0 Å². The predicted octanol–water partition coefficient (Wildman–Crippen LogP) is 5.54. The van der Waals surface area contributed by atoms with Gasteiger partial charge in [0, 0.05) is 22.3 Å². The predicted molar refractivity (Wildman–Crippen MR) is 131 cm³/mol. The lowest BCUT2D eigenvalue weighted by Gasteiger charge is -2.18. The maximum atomic E-state index is 13.0. The molecular weight excluding hydrogens is 461 g/mol. The molecule has 0 atom stereocenters. The molecule has 8 heteroatoms. The van der Waals surface area contributed by atoms with Gasteiger partial charge < -0.3 is 10.6 Å². The Labute approximate surface area is 202 Å². The van der Waals surface area contributed by atoms with Crippen molar-refractivity contribution in [2.75, 3.05) is 10.2 Å². The summed E-state index contributed by atoms with van der Waals surface area (Å²) < 4.78 is 0. The molecule has 1 fully saturated rings. The number of anilines is 2. The molecule has 1 heterocycles. The van der Waals surface area contributed by atoms with Gasteiger partial charge in [-0.25, -0.2) is 4.90 Å². The first-order valence-corrected chi connectivity index (χ1v) is 11.8. The Kier molecular flexibility index (Phi) is 7.05. The van der Waals surface area contributed by atoms with Crippen LogP contribution in [0.5, 0.6) is 0 Å². The highest BCUT2D eigenvalue weighted by molar-refractivity contribution is 6.53. The van der Waals surface area contributed by atoms with Crippen molar-refractivity contribution in [1.29, 1.82) is 0 Å². The molecule has 6 nitrogen and oxygen atoms in total. The molecule has 3 amide bonds. The smallest absolute Gasteiger partial charge is 0.283 e. The molecule has 0 spiro atoms. The minimum absolute atomic E-state index is 0.0360. The highest BCUT2D eigenvalue weighted by Crippen LogP contribution is 2.32. The summed E-state index contributed by atoms with van der Waals surface area (Å²) in [5, 5.41) is 6.29. The van der Waals surface area contributed by atoms with Crippen LogP contribution in [0.4, 0.5) is 11.4 Å². The summed E-state index contributed by atoms with van der Waals surface area (Å²) >= 11 is 12.3. The molecule has 0 bridgehead atoms. The molecule has 2 aliphatic rings. The largest absolute Gasteiger partial charge is 0.349 e. The zero-order valence-electron chi connectivity index (χ0n) is 18.3. The Morgan fingerprint density at radius 3 is 2.39 bits per heavy atom. The summed E-state index contributed by atoms with van der Waals surface area (Å²) in [6.07, 6.45) is 6.64. The topological polar surface area (TPSA) is 78.5 Å². The third-order valence-electron chi connectivity index (χ3n) is 6.04. The molecule has 4 rings (SSSR count). The lowest BCUT2D eigenvalue weighted by molar-refractivity contribution is -0.120. The Morgan fingerprint density at radius 1 is 0.970 bits per heavy atom. The summed E-state index contributed by atoms with van der Waals surface area (Å²) in [4.78, 5) is 39.6. The van der Waals surface area contributed by atoms with E-state index in [0.29, 0.717) is 22.0 Å². The van der Waals surface area contributed by atoms with E-state index in [4.69, 9.17) is 23.2 Å². The number of hydrogen-bond donors (Lipinski definition) is 2. The number of aryl methyl sites for hydroxylation is 1. The molecular formula is C25H25Cl2N3O3. The molecule has 1 aliphatic heterocycles. The third-order valence-corrected chi connectivity index (χ3v) is 6.63. The lowest BCUT2D eigenvalue weighted by Crippen LogP contribution is -2.34. The Morgan fingerprint density at radius 2 is 1.70 bits per heavy atom. The van der Waals surface area contributed by atoms with Crippen LogP contribution in [0.15, 0.2) is 53.2 Å². The summed E-state index contributed by atoms with van der Waals surface area (Å²) in [5.41, 5.74) is 2.12. The Balaban J connectivity index is 1.54. The Hall–Kier alpha value is -2.83. The quantitative estimate of drug-likeness (QED) is 0.430. The lowest BCUT2D eigenvalue weighted by atomic mass is 10.1. The second kappa shape index (κ2) is 9.98. The minimum Gasteiger partial charge on any atom is -0.349 e. The van der Waals surface area contributed by atoms with E-state index in [1.807, 2.05) is 6.92 Å². The number of carbonyl (C=O) groups excluding carboxylic acids is 3. The zero-order valence-corrected chi connectivity index (χ0v) is 19.8. The fourth-order valence-corrected chi connectivity index (χ4v) is 4.58. The van der Waals surface area contributed by atoms with Crippen molar-refractivity contribution in [1.82, 2.24) is 5.32 Å². The van der Waals surface area contributed by atoms with Crippen molar-refractivity contribution >= 4 is 52.3 Å². The number of halogens is 2. The van der Waals surface area contributed by atoms with E-state index in [9.17, 15) is 14.4 Å². The van der Waals surface area contributed by atoms with Gasteiger partial charge in [-0.1, -0.05) is 61.0 Å². The molecule has 2 aromatic rings. The van der Waals surface area contributed by atoms with Gasteiger partial charge in [0.05, 0.1) is 5.69 Å². The van der Waals surface area contributed by atoms with E-state index in [0.717, 1.165) is 36.1 Å². The highest BCUT2D eigenvalue weighted by Gasteiger charge is 2.39. The first-order chi connectivity index (χ1) is 15.8. The van der Waals surface area contributed by atoms with Crippen molar-refractivity contribution in [2.45, 2.75) is 51.5 Å². The van der Waals surface area contributed by atoms with E-state index in [1.165, 1.54) is 18.9 Å². The van der Waals surface area contributed by atoms with Crippen LogP contribution in [0.3, 0.4) is 0 Å². The monoisotopic (exact) mass is 485 g/mol. The van der Waals surface area contributed by atoms with Gasteiger partial charge in [0.15, 0.2) is 0 Å². The minimum atomic E-state index is -0.633. The first kappa shape index (κ1) is 23.3. The van der Waals surface area contributed by atoms with Crippen molar-refractivity contribution in [3.63, 3.8) is 0 Å². The summed E-state index contributed by atoms with van der Waals surface area (Å²) in [5.74, 6) is -1.37. The van der Waals surface area contributed by atoms with Crippen LogP contribution < -0.4 is 15.5 Å². The van der Waals surface area contributed by atoms with Gasteiger partial charge in [-0.15, -0.1) is 0 Å². The van der Waals surface area contributed by atoms with Crippen LogP contribution in [-0.2, 0) is 9.59 Å². The van der Waals surface area contributed by atoms with Gasteiger partial charge in [0.25, 0.3) is 17.7 Å². The second-order valence-corrected chi connectivity index (χ2v) is 9.25. The van der Waals surface area contributed by atoms with Crippen LogP contribution in [0.1, 0.15) is 54.4 Å². The van der Waals surface area contributed by atoms with Gasteiger partial charge in [-0.2, -0.15) is 0 Å². The fourth-order valence-electron chi connectivity index (χ4n) is 4.19. The average molecular weight is 486 g/mol. The van der Waals surface area contributed by atoms with Crippen LogP contribution in [0.2, 0.25) is 5.02 Å². The van der Waals surface area contributed by atoms with E-state index in [-0.39, 0.29) is 22.7 Å². The van der Waals surface area contributed by atoms with Gasteiger partial charge in [0.1, 0.15) is 10.7 Å². The number of carbonyl (C=O) groups is 3. The molecule has 0 unspecified atom stereocenters. The molecule has 2 N–H and O–H groups in total. The molecule has 0 radical (unpaired) electrons. The van der Waals surface area contributed by atoms with E-state index in [2.05, 4.69) is 10.6 Å². The highest BCUT2D eigenvalue weighted by atomic mass is 35.5.